The van der Waals surface area contributed by atoms with Gasteiger partial charge in [-0.15, -0.1) is 0 Å². The monoisotopic (exact) mass is 232 g/mol. The molecule has 1 unspecified atom stereocenters. The highest BCUT2D eigenvalue weighted by Crippen LogP contribution is 2.16. The van der Waals surface area contributed by atoms with Gasteiger partial charge in [0.15, 0.2) is 5.65 Å². The molecule has 1 atom stereocenters. The third-order valence-electron chi connectivity index (χ3n) is 2.74. The third-order valence-corrected chi connectivity index (χ3v) is 2.74. The van der Waals surface area contributed by atoms with Crippen LogP contribution in [-0.4, -0.2) is 20.6 Å². The Morgan fingerprint density at radius 1 is 1.29 bits per heavy atom. The Balaban J connectivity index is 2.25. The Bertz CT molecular complexity index is 501. The van der Waals surface area contributed by atoms with Crippen LogP contribution < -0.4 is 5.32 Å². The minimum absolute atomic E-state index is 0.434. The van der Waals surface area contributed by atoms with Crippen LogP contribution in [0.5, 0.6) is 0 Å². The highest BCUT2D eigenvalue weighted by atomic mass is 15.3. The van der Waals surface area contributed by atoms with E-state index in [-0.39, 0.29) is 0 Å². The summed E-state index contributed by atoms with van der Waals surface area (Å²) in [4.78, 5) is 4.22. The van der Waals surface area contributed by atoms with Crippen molar-refractivity contribution in [3.63, 3.8) is 0 Å². The lowest BCUT2D eigenvalue weighted by Crippen LogP contribution is -2.19. The van der Waals surface area contributed by atoms with E-state index in [4.69, 9.17) is 0 Å². The summed E-state index contributed by atoms with van der Waals surface area (Å²) >= 11 is 0. The maximum absolute atomic E-state index is 4.24. The lowest BCUT2D eigenvalue weighted by Gasteiger charge is -2.18. The Morgan fingerprint density at radius 3 is 2.76 bits per heavy atom. The average molecular weight is 232 g/mol. The highest BCUT2D eigenvalue weighted by Gasteiger charge is 2.08. The third kappa shape index (κ3) is 2.75. The second-order valence-corrected chi connectivity index (χ2v) is 5.12. The zero-order chi connectivity index (χ0) is 12.4. The lowest BCUT2D eigenvalue weighted by molar-refractivity contribution is 0.538. The van der Waals surface area contributed by atoms with Crippen LogP contribution in [0.25, 0.3) is 5.65 Å². The number of nitrogens with one attached hydrogen (secondary N) is 1. The van der Waals surface area contributed by atoms with Crippen LogP contribution in [0.1, 0.15) is 32.8 Å². The molecule has 1 N–H and O–H groups in total. The molecule has 0 fully saturated rings. The van der Waals surface area contributed by atoms with Crippen molar-refractivity contribution in [1.82, 2.24) is 14.6 Å². The summed E-state index contributed by atoms with van der Waals surface area (Å²) in [7, 11) is 0. The van der Waals surface area contributed by atoms with Gasteiger partial charge in [0.25, 0.3) is 0 Å². The topological polar surface area (TPSA) is 42.2 Å². The van der Waals surface area contributed by atoms with E-state index in [0.29, 0.717) is 12.0 Å². The molecule has 2 aromatic heterocycles. The second kappa shape index (κ2) is 4.73. The van der Waals surface area contributed by atoms with Crippen LogP contribution in [0.2, 0.25) is 0 Å². The van der Waals surface area contributed by atoms with Gasteiger partial charge in [-0.3, -0.25) is 0 Å². The number of anilines is 1. The number of fused-ring (bicyclic) bond motifs is 1. The molecule has 0 bridgehead atoms. The minimum atomic E-state index is 0.434. The fraction of sp³-hybridized carbons (Fsp3) is 0.538. The predicted molar refractivity (Wildman–Crippen MR) is 70.3 cm³/mol. The summed E-state index contributed by atoms with van der Waals surface area (Å²) in [6.45, 7) is 8.75. The Kier molecular flexibility index (Phi) is 3.31. The molecule has 4 nitrogen and oxygen atoms in total. The van der Waals surface area contributed by atoms with E-state index in [1.165, 1.54) is 5.56 Å². The summed E-state index contributed by atoms with van der Waals surface area (Å²) in [5, 5.41) is 7.74. The summed E-state index contributed by atoms with van der Waals surface area (Å²) in [6.07, 6.45) is 2.73. The minimum Gasteiger partial charge on any atom is -0.367 e. The van der Waals surface area contributed by atoms with E-state index in [1.807, 2.05) is 10.6 Å². The summed E-state index contributed by atoms with van der Waals surface area (Å²) in [5.41, 5.74) is 2.09. The molecule has 0 saturated heterocycles. The van der Waals surface area contributed by atoms with Gasteiger partial charge in [0, 0.05) is 6.04 Å². The summed E-state index contributed by atoms with van der Waals surface area (Å²) in [6, 6.07) is 4.58. The van der Waals surface area contributed by atoms with Gasteiger partial charge in [-0.05, 0) is 43.9 Å². The average Bonchev–Trinajstić information content (AvgIpc) is 2.63. The SMILES string of the molecule is Cc1cc(NC(C)CC(C)C)n2ncnc2c1. The maximum Gasteiger partial charge on any atom is 0.157 e. The fourth-order valence-electron chi connectivity index (χ4n) is 2.18. The first kappa shape index (κ1) is 11.9. The van der Waals surface area contributed by atoms with Crippen LogP contribution in [0.15, 0.2) is 18.5 Å². The van der Waals surface area contributed by atoms with Crippen molar-refractivity contribution in [3.8, 4) is 0 Å². The van der Waals surface area contributed by atoms with E-state index in [0.717, 1.165) is 17.9 Å². The van der Waals surface area contributed by atoms with E-state index in [2.05, 4.69) is 49.2 Å². The molecule has 2 rings (SSSR count). The second-order valence-electron chi connectivity index (χ2n) is 5.12. The molecular weight excluding hydrogens is 212 g/mol. The van der Waals surface area contributed by atoms with Crippen molar-refractivity contribution in [3.05, 3.63) is 24.0 Å². The molecule has 0 aliphatic carbocycles. The fourth-order valence-corrected chi connectivity index (χ4v) is 2.18. The molecule has 0 radical (unpaired) electrons. The molecule has 0 saturated carbocycles. The van der Waals surface area contributed by atoms with Crippen molar-refractivity contribution in [2.24, 2.45) is 5.92 Å². The zero-order valence-electron chi connectivity index (χ0n) is 10.9. The first-order valence-electron chi connectivity index (χ1n) is 6.13. The van der Waals surface area contributed by atoms with Crippen molar-refractivity contribution in [2.45, 2.75) is 40.2 Å². The molecule has 0 spiro atoms. The van der Waals surface area contributed by atoms with Crippen molar-refractivity contribution >= 4 is 11.5 Å². The van der Waals surface area contributed by atoms with E-state index >= 15 is 0 Å². The van der Waals surface area contributed by atoms with Gasteiger partial charge < -0.3 is 5.32 Å². The van der Waals surface area contributed by atoms with Gasteiger partial charge in [0.2, 0.25) is 0 Å². The molecule has 2 heterocycles. The maximum atomic E-state index is 4.24. The standard InChI is InChI=1S/C13H20N4/c1-9(2)5-11(4)16-13-7-10(3)6-12-14-8-15-17(12)13/h6-9,11,16H,5H2,1-4H3. The van der Waals surface area contributed by atoms with E-state index in [9.17, 15) is 0 Å². The number of hydrogen-bond acceptors (Lipinski definition) is 3. The van der Waals surface area contributed by atoms with E-state index in [1.54, 1.807) is 6.33 Å². The number of aryl methyl sites for hydroxylation is 1. The smallest absolute Gasteiger partial charge is 0.157 e. The molecule has 0 amide bonds. The molecule has 17 heavy (non-hydrogen) atoms. The van der Waals surface area contributed by atoms with Crippen molar-refractivity contribution in [1.29, 1.82) is 0 Å². The van der Waals surface area contributed by atoms with Crippen LogP contribution in [0.3, 0.4) is 0 Å². The Labute approximate surface area is 102 Å². The van der Waals surface area contributed by atoms with Crippen LogP contribution in [0, 0.1) is 12.8 Å². The molecule has 0 aliphatic rings. The molecule has 0 aliphatic heterocycles. The van der Waals surface area contributed by atoms with Gasteiger partial charge in [0.05, 0.1) is 0 Å². The molecule has 92 valence electrons. The number of pyridine rings is 1. The Morgan fingerprint density at radius 2 is 2.06 bits per heavy atom. The Hall–Kier alpha value is -1.58. The van der Waals surface area contributed by atoms with Crippen molar-refractivity contribution < 1.29 is 0 Å². The van der Waals surface area contributed by atoms with Crippen molar-refractivity contribution in [2.75, 3.05) is 5.32 Å². The highest BCUT2D eigenvalue weighted by molar-refractivity contribution is 5.51. The summed E-state index contributed by atoms with van der Waals surface area (Å²) < 4.78 is 1.85. The molecule has 0 aromatic carbocycles. The lowest BCUT2D eigenvalue weighted by atomic mass is 10.1. The number of hydrogen-bond donors (Lipinski definition) is 1. The zero-order valence-corrected chi connectivity index (χ0v) is 10.9. The first-order valence-corrected chi connectivity index (χ1v) is 6.13. The number of rotatable bonds is 4. The summed E-state index contributed by atoms with van der Waals surface area (Å²) in [5.74, 6) is 1.71. The molecule has 4 heteroatoms. The normalized spacial score (nSPS) is 13.2. The number of aromatic nitrogens is 3. The van der Waals surface area contributed by atoms with Gasteiger partial charge in [-0.1, -0.05) is 13.8 Å². The van der Waals surface area contributed by atoms with Crippen LogP contribution in [0.4, 0.5) is 5.82 Å². The van der Waals surface area contributed by atoms with Gasteiger partial charge >= 0.3 is 0 Å². The van der Waals surface area contributed by atoms with Crippen LogP contribution in [-0.2, 0) is 0 Å². The van der Waals surface area contributed by atoms with E-state index < -0.39 is 0 Å². The van der Waals surface area contributed by atoms with Crippen LogP contribution >= 0.6 is 0 Å². The van der Waals surface area contributed by atoms with Gasteiger partial charge in [-0.25, -0.2) is 4.98 Å². The quantitative estimate of drug-likeness (QED) is 0.881. The largest absolute Gasteiger partial charge is 0.367 e. The predicted octanol–water partition coefficient (Wildman–Crippen LogP) is 2.88. The molecular formula is C13H20N4. The van der Waals surface area contributed by atoms with Gasteiger partial charge in [-0.2, -0.15) is 9.61 Å². The number of nitrogens with zero attached hydrogens (tertiary/aromatic N) is 3. The van der Waals surface area contributed by atoms with Gasteiger partial charge in [0.1, 0.15) is 12.1 Å². The molecule has 2 aromatic rings. The first-order chi connectivity index (χ1) is 8.06.